The molecule has 2 rings (SSSR count). The molecule has 1 aromatic carbocycles. The molecule has 2 atom stereocenters. The zero-order valence-electron chi connectivity index (χ0n) is 13.6. The number of hydrogen-bond donors (Lipinski definition) is 1. The maximum atomic E-state index is 12.3. The molecule has 0 aromatic heterocycles. The summed E-state index contributed by atoms with van der Waals surface area (Å²) in [5.74, 6) is 0. The van der Waals surface area contributed by atoms with Crippen molar-refractivity contribution in [2.75, 3.05) is 13.1 Å². The van der Waals surface area contributed by atoms with Crippen molar-refractivity contribution in [1.29, 1.82) is 0 Å². The molecule has 2 N–H and O–H groups in total. The lowest BCUT2D eigenvalue weighted by Crippen LogP contribution is -2.40. The van der Waals surface area contributed by atoms with E-state index in [-0.39, 0.29) is 30.4 Å². The van der Waals surface area contributed by atoms with Crippen LogP contribution in [0.2, 0.25) is 0 Å². The summed E-state index contributed by atoms with van der Waals surface area (Å²) in [5, 5.41) is 0. The minimum absolute atomic E-state index is 0.0119. The fourth-order valence-electron chi connectivity index (χ4n) is 2.71. The van der Waals surface area contributed by atoms with Crippen LogP contribution in [0.3, 0.4) is 0 Å². The molecule has 1 aromatic rings. The quantitative estimate of drug-likeness (QED) is 0.928. The van der Waals surface area contributed by atoms with Crippen LogP contribution in [0.15, 0.2) is 30.3 Å². The van der Waals surface area contributed by atoms with Gasteiger partial charge in [-0.3, -0.25) is 0 Å². The lowest BCUT2D eigenvalue weighted by molar-refractivity contribution is -0.0539. The van der Waals surface area contributed by atoms with Crippen molar-refractivity contribution >= 4 is 6.09 Å². The van der Waals surface area contributed by atoms with Gasteiger partial charge in [0.15, 0.2) is 0 Å². The van der Waals surface area contributed by atoms with Gasteiger partial charge in [0.25, 0.3) is 0 Å². The third-order valence-electron chi connectivity index (χ3n) is 3.61. The van der Waals surface area contributed by atoms with Crippen molar-refractivity contribution in [3.05, 3.63) is 35.9 Å². The summed E-state index contributed by atoms with van der Waals surface area (Å²) in [6, 6.07) is 9.64. The fraction of sp³-hybridized carbons (Fsp3) is 0.588. The van der Waals surface area contributed by atoms with E-state index in [1.165, 1.54) is 0 Å². The highest BCUT2D eigenvalue weighted by Gasteiger charge is 2.37. The van der Waals surface area contributed by atoms with Gasteiger partial charge in [-0.05, 0) is 32.8 Å². The molecule has 5 nitrogen and oxygen atoms in total. The fourth-order valence-corrected chi connectivity index (χ4v) is 2.71. The number of rotatable bonds is 4. The number of carbonyl (C=O) groups is 1. The first-order valence-electron chi connectivity index (χ1n) is 7.74. The van der Waals surface area contributed by atoms with Crippen molar-refractivity contribution in [2.45, 2.75) is 51.5 Å². The van der Waals surface area contributed by atoms with Crippen LogP contribution in [0, 0.1) is 0 Å². The van der Waals surface area contributed by atoms with Crippen LogP contribution < -0.4 is 5.73 Å². The third kappa shape index (κ3) is 4.71. The van der Waals surface area contributed by atoms with Crippen molar-refractivity contribution in [3.8, 4) is 0 Å². The highest BCUT2D eigenvalue weighted by Crippen LogP contribution is 2.24. The molecule has 1 aliphatic rings. The van der Waals surface area contributed by atoms with Gasteiger partial charge in [-0.25, -0.2) is 4.79 Å². The SMILES string of the molecule is CC(C)(C)O[C@@H]1C[C@@H](CN)N(C(=O)OCc2ccccc2)C1. The van der Waals surface area contributed by atoms with Crippen LogP contribution in [0.5, 0.6) is 0 Å². The predicted octanol–water partition coefficient (Wildman–Crippen LogP) is 2.54. The van der Waals surface area contributed by atoms with Crippen LogP contribution in [-0.2, 0) is 16.1 Å². The van der Waals surface area contributed by atoms with Gasteiger partial charge in [0.1, 0.15) is 6.61 Å². The van der Waals surface area contributed by atoms with Gasteiger partial charge in [-0.2, -0.15) is 0 Å². The standard InChI is InChI=1S/C17H26N2O3/c1-17(2,3)22-15-9-14(10-18)19(11-15)16(20)21-12-13-7-5-4-6-8-13/h4-8,14-15H,9-12,18H2,1-3H3/t14-,15+/m0/s1. The Hall–Kier alpha value is -1.59. The Labute approximate surface area is 132 Å². The Morgan fingerprint density at radius 3 is 2.59 bits per heavy atom. The molecule has 0 bridgehead atoms. The average Bonchev–Trinajstić information content (AvgIpc) is 2.86. The molecule has 1 heterocycles. The summed E-state index contributed by atoms with van der Waals surface area (Å²) in [6.07, 6.45) is 0.450. The van der Waals surface area contributed by atoms with E-state index in [2.05, 4.69) is 0 Å². The van der Waals surface area contributed by atoms with E-state index in [1.54, 1.807) is 4.90 Å². The molecule has 122 valence electrons. The second kappa shape index (κ2) is 7.11. The highest BCUT2D eigenvalue weighted by molar-refractivity contribution is 5.68. The van der Waals surface area contributed by atoms with Crippen molar-refractivity contribution in [3.63, 3.8) is 0 Å². The van der Waals surface area contributed by atoms with Gasteiger partial charge in [-0.15, -0.1) is 0 Å². The summed E-state index contributed by atoms with van der Waals surface area (Å²) in [7, 11) is 0. The van der Waals surface area contributed by atoms with Gasteiger partial charge in [0.2, 0.25) is 0 Å². The second-order valence-electron chi connectivity index (χ2n) is 6.67. The largest absolute Gasteiger partial charge is 0.445 e. The number of likely N-dealkylation sites (tertiary alicyclic amines) is 1. The first-order chi connectivity index (χ1) is 10.4. The minimum atomic E-state index is -0.320. The first-order valence-corrected chi connectivity index (χ1v) is 7.74. The highest BCUT2D eigenvalue weighted by atomic mass is 16.6. The van der Waals surface area contributed by atoms with Gasteiger partial charge >= 0.3 is 6.09 Å². The van der Waals surface area contributed by atoms with Crippen LogP contribution in [0.1, 0.15) is 32.8 Å². The van der Waals surface area contributed by atoms with Gasteiger partial charge in [-0.1, -0.05) is 30.3 Å². The lowest BCUT2D eigenvalue weighted by atomic mass is 10.1. The maximum Gasteiger partial charge on any atom is 0.410 e. The number of amides is 1. The second-order valence-corrected chi connectivity index (χ2v) is 6.67. The molecule has 0 radical (unpaired) electrons. The smallest absolute Gasteiger partial charge is 0.410 e. The minimum Gasteiger partial charge on any atom is -0.445 e. The van der Waals surface area contributed by atoms with Crippen LogP contribution in [-0.4, -0.2) is 41.8 Å². The first kappa shape index (κ1) is 16.8. The molecule has 5 heteroatoms. The van der Waals surface area contributed by atoms with Gasteiger partial charge in [0, 0.05) is 12.6 Å². The monoisotopic (exact) mass is 306 g/mol. The predicted molar refractivity (Wildman–Crippen MR) is 85.4 cm³/mol. The Morgan fingerprint density at radius 2 is 2.00 bits per heavy atom. The molecule has 0 spiro atoms. The molecule has 0 aliphatic carbocycles. The average molecular weight is 306 g/mol. The van der Waals surface area contributed by atoms with Gasteiger partial charge < -0.3 is 20.1 Å². The van der Waals surface area contributed by atoms with Crippen LogP contribution in [0.25, 0.3) is 0 Å². The molecular formula is C17H26N2O3. The van der Waals surface area contributed by atoms with E-state index in [4.69, 9.17) is 15.2 Å². The Kier molecular flexibility index (Phi) is 5.42. The van der Waals surface area contributed by atoms with E-state index in [0.29, 0.717) is 13.1 Å². The topological polar surface area (TPSA) is 64.8 Å². The van der Waals surface area contributed by atoms with E-state index < -0.39 is 0 Å². The zero-order chi connectivity index (χ0) is 16.2. The zero-order valence-corrected chi connectivity index (χ0v) is 13.6. The molecule has 0 unspecified atom stereocenters. The molecule has 1 aliphatic heterocycles. The van der Waals surface area contributed by atoms with Crippen molar-refractivity contribution in [1.82, 2.24) is 4.90 Å². The summed E-state index contributed by atoms with van der Waals surface area (Å²) >= 11 is 0. The summed E-state index contributed by atoms with van der Waals surface area (Å²) < 4.78 is 11.4. The van der Waals surface area contributed by atoms with Crippen molar-refractivity contribution in [2.24, 2.45) is 5.73 Å². The Morgan fingerprint density at radius 1 is 1.32 bits per heavy atom. The van der Waals surface area contributed by atoms with E-state index in [9.17, 15) is 4.79 Å². The number of benzene rings is 1. The summed E-state index contributed by atoms with van der Waals surface area (Å²) in [4.78, 5) is 14.0. The lowest BCUT2D eigenvalue weighted by Gasteiger charge is -2.25. The van der Waals surface area contributed by atoms with E-state index in [0.717, 1.165) is 12.0 Å². The van der Waals surface area contributed by atoms with E-state index in [1.807, 2.05) is 51.1 Å². The maximum absolute atomic E-state index is 12.3. The normalized spacial score (nSPS) is 21.9. The third-order valence-corrected chi connectivity index (χ3v) is 3.61. The van der Waals surface area contributed by atoms with Crippen molar-refractivity contribution < 1.29 is 14.3 Å². The molecule has 1 saturated heterocycles. The number of nitrogens with two attached hydrogens (primary N) is 1. The summed E-state index contributed by atoms with van der Waals surface area (Å²) in [5.41, 5.74) is 6.54. The molecule has 1 fully saturated rings. The Bertz CT molecular complexity index is 484. The number of nitrogens with zero attached hydrogens (tertiary/aromatic N) is 1. The molecule has 0 saturated carbocycles. The van der Waals surface area contributed by atoms with Crippen LogP contribution >= 0.6 is 0 Å². The Balaban J connectivity index is 1.90. The number of carbonyl (C=O) groups excluding carboxylic acids is 1. The number of ether oxygens (including phenoxy) is 2. The van der Waals surface area contributed by atoms with Gasteiger partial charge in [0.05, 0.1) is 18.2 Å². The molecule has 22 heavy (non-hydrogen) atoms. The molecule has 1 amide bonds. The number of hydrogen-bond acceptors (Lipinski definition) is 4. The van der Waals surface area contributed by atoms with Crippen LogP contribution in [0.4, 0.5) is 4.79 Å². The van der Waals surface area contributed by atoms with E-state index >= 15 is 0 Å². The molecular weight excluding hydrogens is 280 g/mol. The summed E-state index contributed by atoms with van der Waals surface area (Å²) in [6.45, 7) is 7.28.